The van der Waals surface area contributed by atoms with Crippen molar-refractivity contribution in [2.24, 2.45) is 0 Å². The van der Waals surface area contributed by atoms with Crippen molar-refractivity contribution in [3.05, 3.63) is 47.5 Å². The number of halogens is 1. The quantitative estimate of drug-likeness (QED) is 0.631. The molecule has 0 fully saturated rings. The molecule has 0 bridgehead atoms. The van der Waals surface area contributed by atoms with E-state index in [1.165, 1.54) is 6.08 Å². The van der Waals surface area contributed by atoms with E-state index in [0.717, 1.165) is 17.5 Å². The molecule has 0 N–H and O–H groups in total. The van der Waals surface area contributed by atoms with E-state index in [9.17, 15) is 9.59 Å². The van der Waals surface area contributed by atoms with E-state index >= 15 is 0 Å². The van der Waals surface area contributed by atoms with Crippen molar-refractivity contribution in [2.75, 3.05) is 13.2 Å². The van der Waals surface area contributed by atoms with Crippen LogP contribution in [0.3, 0.4) is 0 Å². The van der Waals surface area contributed by atoms with Gasteiger partial charge in [0.05, 0.1) is 0 Å². The molecule has 2 rings (SSSR count). The van der Waals surface area contributed by atoms with Crippen molar-refractivity contribution in [1.82, 2.24) is 4.90 Å². The van der Waals surface area contributed by atoms with Gasteiger partial charge < -0.3 is 9.64 Å². The van der Waals surface area contributed by atoms with Crippen LogP contribution in [0.2, 0.25) is 0 Å². The van der Waals surface area contributed by atoms with Gasteiger partial charge in [-0.3, -0.25) is 4.79 Å². The molecule has 0 saturated carbocycles. The fourth-order valence-electron chi connectivity index (χ4n) is 2.06. The van der Waals surface area contributed by atoms with Gasteiger partial charge in [-0.2, -0.15) is 0 Å². The van der Waals surface area contributed by atoms with Gasteiger partial charge in [-0.1, -0.05) is 18.7 Å². The second-order valence-electron chi connectivity index (χ2n) is 4.29. The Hall–Kier alpha value is -1.81. The number of hydrogen-bond acceptors (Lipinski definition) is 3. The fourth-order valence-corrected chi connectivity index (χ4v) is 2.17. The third-order valence-electron chi connectivity index (χ3n) is 3.03. The summed E-state index contributed by atoms with van der Waals surface area (Å²) in [6.45, 7) is 4.74. The molecule has 19 heavy (non-hydrogen) atoms. The number of carbonyl (C=O) groups is 2. The molecular weight excluding hydrogens is 266 g/mol. The summed E-state index contributed by atoms with van der Waals surface area (Å²) in [5, 5.41) is -0.492. The Labute approximate surface area is 116 Å². The average molecular weight is 280 g/mol. The molecule has 0 radical (unpaired) electrons. The number of nitrogens with zero attached hydrogens (tertiary/aromatic N) is 1. The lowest BCUT2D eigenvalue weighted by Crippen LogP contribution is -2.36. The van der Waals surface area contributed by atoms with Crippen LogP contribution in [0.1, 0.15) is 21.5 Å². The minimum absolute atomic E-state index is 0.197. The van der Waals surface area contributed by atoms with Gasteiger partial charge in [0.25, 0.3) is 5.24 Å². The summed E-state index contributed by atoms with van der Waals surface area (Å²) >= 11 is 5.46. The minimum atomic E-state index is -0.492. The Morgan fingerprint density at radius 2 is 2.21 bits per heavy atom. The van der Waals surface area contributed by atoms with Crippen LogP contribution in [-0.4, -0.2) is 29.4 Å². The lowest BCUT2D eigenvalue weighted by atomic mass is 9.98. The third kappa shape index (κ3) is 3.15. The van der Waals surface area contributed by atoms with Crippen LogP contribution in [0, 0.1) is 0 Å². The Bertz CT molecular complexity index is 527. The van der Waals surface area contributed by atoms with Gasteiger partial charge in [-0.25, -0.2) is 4.79 Å². The average Bonchev–Trinajstić information content (AvgIpc) is 2.43. The van der Waals surface area contributed by atoms with Crippen LogP contribution in [0.25, 0.3) is 0 Å². The zero-order chi connectivity index (χ0) is 13.8. The van der Waals surface area contributed by atoms with Crippen LogP contribution in [0.15, 0.2) is 30.9 Å². The molecule has 1 aliphatic rings. The highest BCUT2D eigenvalue weighted by Gasteiger charge is 2.22. The number of carbonyl (C=O) groups excluding carboxylic acids is 2. The molecule has 1 aromatic rings. The van der Waals surface area contributed by atoms with Crippen LogP contribution in [0.4, 0.5) is 4.79 Å². The van der Waals surface area contributed by atoms with Crippen LogP contribution < -0.4 is 0 Å². The fraction of sp³-hybridized carbons (Fsp3) is 0.286. The Morgan fingerprint density at radius 1 is 1.42 bits per heavy atom. The predicted octanol–water partition coefficient (Wildman–Crippen LogP) is 2.75. The van der Waals surface area contributed by atoms with Gasteiger partial charge in [-0.15, -0.1) is 0 Å². The first kappa shape index (κ1) is 13.6. The molecular formula is C14H14ClNO3. The first-order valence-electron chi connectivity index (χ1n) is 5.96. The number of ether oxygens (including phenoxy) is 1. The van der Waals surface area contributed by atoms with Crippen molar-refractivity contribution < 1.29 is 14.3 Å². The zero-order valence-electron chi connectivity index (χ0n) is 10.4. The van der Waals surface area contributed by atoms with E-state index in [1.807, 2.05) is 6.07 Å². The van der Waals surface area contributed by atoms with Gasteiger partial charge in [0, 0.05) is 18.7 Å². The number of benzene rings is 1. The Morgan fingerprint density at radius 3 is 2.89 bits per heavy atom. The molecule has 0 unspecified atom stereocenters. The summed E-state index contributed by atoms with van der Waals surface area (Å²) in [6, 6.07) is 5.33. The van der Waals surface area contributed by atoms with Crippen molar-refractivity contribution in [2.45, 2.75) is 13.0 Å². The number of fused-ring (bicyclic) bond motifs is 1. The van der Waals surface area contributed by atoms with E-state index in [0.29, 0.717) is 18.7 Å². The maximum atomic E-state index is 11.7. The molecule has 100 valence electrons. The predicted molar refractivity (Wildman–Crippen MR) is 72.3 cm³/mol. The SMILES string of the molecule is C=CCOC(=O)N1CCc2ccc(C(=O)Cl)cc2C1. The summed E-state index contributed by atoms with van der Waals surface area (Å²) < 4.78 is 5.00. The highest BCUT2D eigenvalue weighted by atomic mass is 35.5. The van der Waals surface area contributed by atoms with Crippen LogP contribution >= 0.6 is 11.6 Å². The van der Waals surface area contributed by atoms with Gasteiger partial charge in [0.15, 0.2) is 0 Å². The Kier molecular flexibility index (Phi) is 4.22. The summed E-state index contributed by atoms with van der Waals surface area (Å²) in [4.78, 5) is 24.5. The monoisotopic (exact) mass is 279 g/mol. The standard InChI is InChI=1S/C14H14ClNO3/c1-2-7-19-14(18)16-6-5-10-3-4-11(13(15)17)8-12(10)9-16/h2-4,8H,1,5-7,9H2. The van der Waals surface area contributed by atoms with Gasteiger partial charge >= 0.3 is 6.09 Å². The molecule has 0 saturated heterocycles. The number of hydrogen-bond donors (Lipinski definition) is 0. The summed E-state index contributed by atoms with van der Waals surface area (Å²) in [6.07, 6.45) is 1.91. The maximum Gasteiger partial charge on any atom is 0.410 e. The van der Waals surface area contributed by atoms with Crippen molar-refractivity contribution in [3.8, 4) is 0 Å². The molecule has 1 aromatic carbocycles. The molecule has 1 aliphatic heterocycles. The second-order valence-corrected chi connectivity index (χ2v) is 4.64. The lowest BCUT2D eigenvalue weighted by molar-refractivity contribution is 0.107. The van der Waals surface area contributed by atoms with Crippen molar-refractivity contribution in [3.63, 3.8) is 0 Å². The maximum absolute atomic E-state index is 11.7. The molecule has 0 atom stereocenters. The van der Waals surface area contributed by atoms with Crippen LogP contribution in [-0.2, 0) is 17.7 Å². The van der Waals surface area contributed by atoms with Crippen LogP contribution in [0.5, 0.6) is 0 Å². The van der Waals surface area contributed by atoms with E-state index < -0.39 is 5.24 Å². The first-order chi connectivity index (χ1) is 9.11. The molecule has 0 spiro atoms. The van der Waals surface area contributed by atoms with E-state index in [-0.39, 0.29) is 12.7 Å². The highest BCUT2D eigenvalue weighted by Crippen LogP contribution is 2.21. The zero-order valence-corrected chi connectivity index (χ0v) is 11.2. The second kappa shape index (κ2) is 5.89. The summed E-state index contributed by atoms with van der Waals surface area (Å²) in [7, 11) is 0. The summed E-state index contributed by atoms with van der Waals surface area (Å²) in [5.74, 6) is 0. The molecule has 4 nitrogen and oxygen atoms in total. The molecule has 5 heteroatoms. The lowest BCUT2D eigenvalue weighted by Gasteiger charge is -2.28. The summed E-state index contributed by atoms with van der Waals surface area (Å²) in [5.41, 5.74) is 2.52. The van der Waals surface area contributed by atoms with Crippen molar-refractivity contribution in [1.29, 1.82) is 0 Å². The van der Waals surface area contributed by atoms with E-state index in [4.69, 9.17) is 16.3 Å². The topological polar surface area (TPSA) is 46.6 Å². The smallest absolute Gasteiger partial charge is 0.410 e. The van der Waals surface area contributed by atoms with E-state index in [2.05, 4.69) is 6.58 Å². The molecule has 1 amide bonds. The van der Waals surface area contributed by atoms with Gasteiger partial charge in [-0.05, 0) is 41.3 Å². The normalized spacial score (nSPS) is 13.6. The van der Waals surface area contributed by atoms with Crippen molar-refractivity contribution >= 4 is 22.9 Å². The minimum Gasteiger partial charge on any atom is -0.445 e. The first-order valence-corrected chi connectivity index (χ1v) is 6.34. The highest BCUT2D eigenvalue weighted by molar-refractivity contribution is 6.67. The van der Waals surface area contributed by atoms with Gasteiger partial charge in [0.1, 0.15) is 6.61 Å². The largest absolute Gasteiger partial charge is 0.445 e. The molecule has 0 aliphatic carbocycles. The number of rotatable bonds is 3. The third-order valence-corrected chi connectivity index (χ3v) is 3.25. The van der Waals surface area contributed by atoms with E-state index in [1.54, 1.807) is 17.0 Å². The van der Waals surface area contributed by atoms with Gasteiger partial charge in [0.2, 0.25) is 0 Å². The number of amides is 1. The molecule has 0 aromatic heterocycles. The Balaban J connectivity index is 2.13. The molecule has 1 heterocycles.